The monoisotopic (exact) mass is 297 g/mol. The lowest BCUT2D eigenvalue weighted by Gasteiger charge is -2.08. The summed E-state index contributed by atoms with van der Waals surface area (Å²) in [6.45, 7) is 0.647. The van der Waals surface area contributed by atoms with Gasteiger partial charge < -0.3 is 16.4 Å². The van der Waals surface area contributed by atoms with E-state index in [1.54, 1.807) is 18.2 Å². The molecule has 0 unspecified atom stereocenters. The summed E-state index contributed by atoms with van der Waals surface area (Å²) < 4.78 is 0. The van der Waals surface area contributed by atoms with E-state index in [1.165, 1.54) is 7.05 Å². The lowest BCUT2D eigenvalue weighted by Crippen LogP contribution is -2.19. The van der Waals surface area contributed by atoms with Crippen LogP contribution < -0.4 is 16.4 Å². The number of rotatable bonds is 7. The molecule has 0 saturated heterocycles. The van der Waals surface area contributed by atoms with Crippen LogP contribution in [0.1, 0.15) is 36.0 Å². The quantitative estimate of drug-likeness (QED) is 0.674. The van der Waals surface area contributed by atoms with Crippen molar-refractivity contribution in [1.29, 1.82) is 0 Å². The summed E-state index contributed by atoms with van der Waals surface area (Å²) in [5, 5.41) is 5.61. The minimum absolute atomic E-state index is 0.0767. The molecule has 1 aromatic rings. The Kier molecular flexibility index (Phi) is 7.04. The molecule has 0 atom stereocenters. The number of carbonyl (C=O) groups is 2. The average Bonchev–Trinajstić information content (AvgIpc) is 2.45. The number of halogens is 1. The molecule has 0 aliphatic heterocycles. The fourth-order valence-corrected chi connectivity index (χ4v) is 1.95. The number of hydrogen-bond donors (Lipinski definition) is 3. The molecule has 2 amide bonds. The van der Waals surface area contributed by atoms with Gasteiger partial charge in [0.05, 0.1) is 10.6 Å². The number of hydrogen-bond acceptors (Lipinski definition) is 3. The van der Waals surface area contributed by atoms with Crippen LogP contribution in [-0.2, 0) is 4.79 Å². The van der Waals surface area contributed by atoms with E-state index >= 15 is 0 Å². The molecular weight excluding hydrogens is 278 g/mol. The molecular formula is C14H20ClN3O2. The molecule has 0 bridgehead atoms. The third-order valence-electron chi connectivity index (χ3n) is 2.83. The highest BCUT2D eigenvalue weighted by atomic mass is 35.5. The molecule has 0 heterocycles. The number of unbranched alkanes of at least 4 members (excludes halogenated alkanes) is 2. The molecule has 0 saturated carbocycles. The number of anilines is 1. The van der Waals surface area contributed by atoms with Crippen LogP contribution in [-0.4, -0.2) is 25.4 Å². The zero-order chi connectivity index (χ0) is 15.0. The van der Waals surface area contributed by atoms with Crippen molar-refractivity contribution in [3.05, 3.63) is 28.8 Å². The summed E-state index contributed by atoms with van der Waals surface area (Å²) >= 11 is 5.94. The minimum Gasteiger partial charge on any atom is -0.355 e. The second-order valence-corrected chi connectivity index (χ2v) is 4.83. The first-order chi connectivity index (χ1) is 9.58. The molecule has 0 fully saturated rings. The smallest absolute Gasteiger partial charge is 0.252 e. The summed E-state index contributed by atoms with van der Waals surface area (Å²) in [4.78, 5) is 23.3. The van der Waals surface area contributed by atoms with Crippen molar-refractivity contribution in [3.8, 4) is 0 Å². The van der Waals surface area contributed by atoms with E-state index in [0.29, 0.717) is 29.2 Å². The Bertz CT molecular complexity index is 477. The lowest BCUT2D eigenvalue weighted by molar-refractivity contribution is -0.116. The van der Waals surface area contributed by atoms with Gasteiger partial charge in [-0.05, 0) is 37.6 Å². The minimum atomic E-state index is -0.283. The predicted molar refractivity (Wildman–Crippen MR) is 81.0 cm³/mol. The number of nitrogens with two attached hydrogens (primary N) is 1. The summed E-state index contributed by atoms with van der Waals surface area (Å²) in [6.07, 6.45) is 3.11. The number of carbonyl (C=O) groups excluding carboxylic acids is 2. The highest BCUT2D eigenvalue weighted by Crippen LogP contribution is 2.20. The van der Waals surface area contributed by atoms with Crippen molar-refractivity contribution < 1.29 is 9.59 Å². The molecule has 0 aliphatic rings. The maximum atomic E-state index is 11.7. The van der Waals surface area contributed by atoms with Gasteiger partial charge in [0.1, 0.15) is 0 Å². The molecule has 0 aromatic heterocycles. The molecule has 110 valence electrons. The molecule has 0 spiro atoms. The van der Waals surface area contributed by atoms with Gasteiger partial charge in [-0.15, -0.1) is 0 Å². The van der Waals surface area contributed by atoms with Crippen molar-refractivity contribution >= 4 is 29.1 Å². The van der Waals surface area contributed by atoms with Gasteiger partial charge in [0.2, 0.25) is 5.91 Å². The van der Waals surface area contributed by atoms with E-state index in [2.05, 4.69) is 10.6 Å². The first-order valence-electron chi connectivity index (χ1n) is 6.60. The summed E-state index contributed by atoms with van der Waals surface area (Å²) in [6, 6.07) is 4.83. The van der Waals surface area contributed by atoms with E-state index in [-0.39, 0.29) is 11.8 Å². The standard InChI is InChI=1S/C14H20ClN3O2/c1-17-14(20)11-9-10(6-7-12(11)15)18-13(19)5-3-2-4-8-16/h6-7,9H,2-5,8,16H2,1H3,(H,17,20)(H,18,19). The summed E-state index contributed by atoms with van der Waals surface area (Å²) in [7, 11) is 1.53. The Hall–Kier alpha value is -1.59. The van der Waals surface area contributed by atoms with Crippen LogP contribution in [0.4, 0.5) is 5.69 Å². The highest BCUT2D eigenvalue weighted by molar-refractivity contribution is 6.34. The molecule has 0 aliphatic carbocycles. The van der Waals surface area contributed by atoms with Crippen LogP contribution in [0.15, 0.2) is 18.2 Å². The second-order valence-electron chi connectivity index (χ2n) is 4.42. The maximum Gasteiger partial charge on any atom is 0.252 e. The molecule has 6 heteroatoms. The van der Waals surface area contributed by atoms with Crippen molar-refractivity contribution in [2.75, 3.05) is 18.9 Å². The first-order valence-corrected chi connectivity index (χ1v) is 6.98. The van der Waals surface area contributed by atoms with Crippen LogP contribution >= 0.6 is 11.6 Å². The molecule has 1 rings (SSSR count). The van der Waals surface area contributed by atoms with E-state index < -0.39 is 0 Å². The number of nitrogens with one attached hydrogen (secondary N) is 2. The Morgan fingerprint density at radius 3 is 2.65 bits per heavy atom. The first kappa shape index (κ1) is 16.5. The molecule has 4 N–H and O–H groups in total. The third-order valence-corrected chi connectivity index (χ3v) is 3.16. The van der Waals surface area contributed by atoms with Gasteiger partial charge in [0, 0.05) is 19.2 Å². The maximum absolute atomic E-state index is 11.7. The van der Waals surface area contributed by atoms with E-state index in [9.17, 15) is 9.59 Å². The predicted octanol–water partition coefficient (Wildman–Crippen LogP) is 2.16. The van der Waals surface area contributed by atoms with Crippen molar-refractivity contribution in [2.45, 2.75) is 25.7 Å². The van der Waals surface area contributed by atoms with Crippen LogP contribution in [0.3, 0.4) is 0 Å². The van der Waals surface area contributed by atoms with Gasteiger partial charge >= 0.3 is 0 Å². The van der Waals surface area contributed by atoms with E-state index in [0.717, 1.165) is 19.3 Å². The Morgan fingerprint density at radius 2 is 2.00 bits per heavy atom. The van der Waals surface area contributed by atoms with Gasteiger partial charge in [-0.2, -0.15) is 0 Å². The van der Waals surface area contributed by atoms with Gasteiger partial charge in [-0.3, -0.25) is 9.59 Å². The Balaban J connectivity index is 2.59. The van der Waals surface area contributed by atoms with Crippen LogP contribution in [0.2, 0.25) is 5.02 Å². The van der Waals surface area contributed by atoms with E-state index in [4.69, 9.17) is 17.3 Å². The van der Waals surface area contributed by atoms with Crippen LogP contribution in [0.5, 0.6) is 0 Å². The topological polar surface area (TPSA) is 84.2 Å². The SMILES string of the molecule is CNC(=O)c1cc(NC(=O)CCCCCN)ccc1Cl. The average molecular weight is 298 g/mol. The largest absolute Gasteiger partial charge is 0.355 e. The number of amides is 2. The van der Waals surface area contributed by atoms with Gasteiger partial charge in [0.25, 0.3) is 5.91 Å². The number of benzene rings is 1. The summed E-state index contributed by atoms with van der Waals surface area (Å²) in [5.41, 5.74) is 6.30. The second kappa shape index (κ2) is 8.55. The molecule has 5 nitrogen and oxygen atoms in total. The molecule has 1 aromatic carbocycles. The lowest BCUT2D eigenvalue weighted by atomic mass is 10.1. The Labute approximate surface area is 123 Å². The van der Waals surface area contributed by atoms with Crippen molar-refractivity contribution in [3.63, 3.8) is 0 Å². The van der Waals surface area contributed by atoms with Crippen molar-refractivity contribution in [2.24, 2.45) is 5.73 Å². The molecule has 0 radical (unpaired) electrons. The zero-order valence-electron chi connectivity index (χ0n) is 11.5. The highest BCUT2D eigenvalue weighted by Gasteiger charge is 2.10. The van der Waals surface area contributed by atoms with Gasteiger partial charge in [-0.1, -0.05) is 18.0 Å². The third kappa shape index (κ3) is 5.19. The van der Waals surface area contributed by atoms with Crippen molar-refractivity contribution in [1.82, 2.24) is 5.32 Å². The van der Waals surface area contributed by atoms with Gasteiger partial charge in [0.15, 0.2) is 0 Å². The zero-order valence-corrected chi connectivity index (χ0v) is 12.3. The van der Waals surface area contributed by atoms with Crippen LogP contribution in [0, 0.1) is 0 Å². The fourth-order valence-electron chi connectivity index (χ4n) is 1.74. The molecule has 20 heavy (non-hydrogen) atoms. The van der Waals surface area contributed by atoms with E-state index in [1.807, 2.05) is 0 Å². The van der Waals surface area contributed by atoms with Gasteiger partial charge in [-0.25, -0.2) is 0 Å². The summed E-state index contributed by atoms with van der Waals surface area (Å²) in [5.74, 6) is -0.360. The fraction of sp³-hybridized carbons (Fsp3) is 0.429. The normalized spacial score (nSPS) is 10.2. The Morgan fingerprint density at radius 1 is 1.25 bits per heavy atom. The van der Waals surface area contributed by atoms with Crippen LogP contribution in [0.25, 0.3) is 0 Å².